The molecule has 6 fully saturated rings. The van der Waals surface area contributed by atoms with Crippen LogP contribution in [0.1, 0.15) is 55.9 Å². The lowest BCUT2D eigenvalue weighted by molar-refractivity contribution is -0.378. The summed E-state index contributed by atoms with van der Waals surface area (Å²) in [6, 6.07) is 19.6. The van der Waals surface area contributed by atoms with Gasteiger partial charge < -0.3 is 23.7 Å². The van der Waals surface area contributed by atoms with Gasteiger partial charge in [0.2, 0.25) is 0 Å². The van der Waals surface area contributed by atoms with Crippen molar-refractivity contribution in [2.45, 2.75) is 87.8 Å². The van der Waals surface area contributed by atoms with Crippen LogP contribution in [0.25, 0.3) is 0 Å². The molecule has 6 heteroatoms. The van der Waals surface area contributed by atoms with Gasteiger partial charge in [0.15, 0.2) is 18.8 Å². The quantitative estimate of drug-likeness (QED) is 0.513. The van der Waals surface area contributed by atoms with Crippen molar-refractivity contribution in [1.82, 2.24) is 0 Å². The van der Waals surface area contributed by atoms with Crippen LogP contribution in [0.2, 0.25) is 0 Å². The van der Waals surface area contributed by atoms with Crippen LogP contribution in [0.3, 0.4) is 0 Å². The van der Waals surface area contributed by atoms with Crippen LogP contribution < -0.4 is 0 Å². The monoisotopic (exact) mass is 494 g/mol. The van der Waals surface area contributed by atoms with Crippen molar-refractivity contribution < 1.29 is 28.1 Å². The first-order valence-corrected chi connectivity index (χ1v) is 13.6. The highest BCUT2D eigenvalue weighted by atomic mass is 19.1. The molecule has 4 aliphatic carbocycles. The SMILES string of the molecule is F[C@H]1[C@H](OC23CC4CC(CC(C4)C2)C3)O[C@@H]2CO[C@@H](c3ccccc3)O[C@H]2[C@@H]1OCc1ccccc1. The zero-order valence-corrected chi connectivity index (χ0v) is 20.5. The fourth-order valence-corrected chi connectivity index (χ4v) is 7.79. The number of halogens is 1. The molecule has 0 amide bonds. The van der Waals surface area contributed by atoms with Crippen LogP contribution in [0.15, 0.2) is 60.7 Å². The number of rotatable bonds is 6. The standard InChI is InChI=1S/C30H35FO5/c31-25-27(32-17-19-7-3-1-4-8-19)26-24(18-33-28(35-26)23-9-5-2-6-10-23)34-29(25)36-30-14-20-11-21(15-30)13-22(12-20)16-30/h1-10,20-22,24-29H,11-18H2/t20?,21?,22?,24-,25-,26-,27-,28-,29+,30?/m1/s1. The van der Waals surface area contributed by atoms with Gasteiger partial charge in [-0.15, -0.1) is 0 Å². The minimum atomic E-state index is -1.45. The van der Waals surface area contributed by atoms with E-state index in [2.05, 4.69) is 0 Å². The van der Waals surface area contributed by atoms with Gasteiger partial charge in [0.05, 0.1) is 18.8 Å². The lowest BCUT2D eigenvalue weighted by Crippen LogP contribution is -2.64. The van der Waals surface area contributed by atoms with E-state index in [1.165, 1.54) is 19.3 Å². The molecule has 0 aromatic heterocycles. The third-order valence-electron chi connectivity index (χ3n) is 8.97. The van der Waals surface area contributed by atoms with E-state index in [0.29, 0.717) is 31.0 Å². The maximum atomic E-state index is 16.3. The fraction of sp³-hybridized carbons (Fsp3) is 0.600. The Morgan fingerprint density at radius 1 is 0.833 bits per heavy atom. The zero-order valence-electron chi connectivity index (χ0n) is 20.5. The highest BCUT2D eigenvalue weighted by Crippen LogP contribution is 2.58. The van der Waals surface area contributed by atoms with Crippen LogP contribution in [0, 0.1) is 17.8 Å². The van der Waals surface area contributed by atoms with E-state index in [1.807, 2.05) is 60.7 Å². The van der Waals surface area contributed by atoms with E-state index in [-0.39, 0.29) is 5.60 Å². The van der Waals surface area contributed by atoms with Crippen molar-refractivity contribution in [3.63, 3.8) is 0 Å². The smallest absolute Gasteiger partial charge is 0.192 e. The van der Waals surface area contributed by atoms with Crippen LogP contribution in [0.4, 0.5) is 4.39 Å². The highest BCUT2D eigenvalue weighted by molar-refractivity contribution is 5.17. The second kappa shape index (κ2) is 9.48. The number of hydrogen-bond acceptors (Lipinski definition) is 5. The third-order valence-corrected chi connectivity index (χ3v) is 8.97. The second-order valence-corrected chi connectivity index (χ2v) is 11.6. The number of benzene rings is 2. The Balaban J connectivity index is 1.12. The first kappa shape index (κ1) is 23.3. The van der Waals surface area contributed by atoms with Gasteiger partial charge >= 0.3 is 0 Å². The molecule has 192 valence electrons. The van der Waals surface area contributed by atoms with Crippen molar-refractivity contribution >= 4 is 0 Å². The molecule has 0 N–H and O–H groups in total. The summed E-state index contributed by atoms with van der Waals surface area (Å²) in [5.41, 5.74) is 1.64. The van der Waals surface area contributed by atoms with Crippen molar-refractivity contribution in [2.24, 2.45) is 17.8 Å². The molecule has 2 heterocycles. The van der Waals surface area contributed by atoms with Crippen molar-refractivity contribution in [2.75, 3.05) is 6.61 Å². The minimum absolute atomic E-state index is 0.260. The fourth-order valence-electron chi connectivity index (χ4n) is 7.79. The third kappa shape index (κ3) is 4.41. The Morgan fingerprint density at radius 2 is 1.47 bits per heavy atom. The molecule has 0 radical (unpaired) electrons. The molecule has 36 heavy (non-hydrogen) atoms. The van der Waals surface area contributed by atoms with Crippen molar-refractivity contribution in [3.8, 4) is 0 Å². The maximum Gasteiger partial charge on any atom is 0.192 e. The molecule has 6 atom stereocenters. The first-order valence-electron chi connectivity index (χ1n) is 13.6. The summed E-state index contributed by atoms with van der Waals surface area (Å²) >= 11 is 0. The van der Waals surface area contributed by atoms with Gasteiger partial charge in [-0.2, -0.15) is 0 Å². The van der Waals surface area contributed by atoms with Gasteiger partial charge in [-0.25, -0.2) is 4.39 Å². The Labute approximate surface area is 212 Å². The molecule has 0 spiro atoms. The Morgan fingerprint density at radius 3 is 2.14 bits per heavy atom. The topological polar surface area (TPSA) is 46.2 Å². The van der Waals surface area contributed by atoms with E-state index in [4.69, 9.17) is 23.7 Å². The molecule has 5 nitrogen and oxygen atoms in total. The lowest BCUT2D eigenvalue weighted by atomic mass is 9.54. The molecule has 2 aromatic carbocycles. The van der Waals surface area contributed by atoms with Gasteiger partial charge in [0.1, 0.15) is 18.3 Å². The van der Waals surface area contributed by atoms with E-state index < -0.39 is 37.1 Å². The Kier molecular flexibility index (Phi) is 6.14. The second-order valence-electron chi connectivity index (χ2n) is 11.6. The zero-order chi connectivity index (χ0) is 24.1. The molecular weight excluding hydrogens is 459 g/mol. The molecule has 4 bridgehead atoms. The predicted octanol–water partition coefficient (Wildman–Crippen LogP) is 5.73. The molecular formula is C30H35FO5. The summed E-state index contributed by atoms with van der Waals surface area (Å²) in [7, 11) is 0. The maximum absolute atomic E-state index is 16.3. The van der Waals surface area contributed by atoms with E-state index in [0.717, 1.165) is 30.4 Å². The van der Waals surface area contributed by atoms with Crippen LogP contribution in [-0.4, -0.2) is 43.0 Å². The normalized spacial score (nSPS) is 43.3. The number of fused-ring (bicyclic) bond motifs is 1. The summed E-state index contributed by atoms with van der Waals surface area (Å²) in [5, 5.41) is 0. The summed E-state index contributed by atoms with van der Waals surface area (Å²) in [4.78, 5) is 0. The summed E-state index contributed by atoms with van der Waals surface area (Å²) < 4.78 is 47.9. The van der Waals surface area contributed by atoms with Crippen LogP contribution in [0.5, 0.6) is 0 Å². The van der Waals surface area contributed by atoms with E-state index in [9.17, 15) is 0 Å². The molecule has 4 saturated carbocycles. The first-order chi connectivity index (χ1) is 17.6. The van der Waals surface area contributed by atoms with Crippen molar-refractivity contribution in [1.29, 1.82) is 0 Å². The summed E-state index contributed by atoms with van der Waals surface area (Å²) in [6.07, 6.45) is 2.17. The van der Waals surface area contributed by atoms with Gasteiger partial charge in [-0.3, -0.25) is 0 Å². The average molecular weight is 495 g/mol. The predicted molar refractivity (Wildman–Crippen MR) is 131 cm³/mol. The number of hydrogen-bond donors (Lipinski definition) is 0. The Bertz CT molecular complexity index is 997. The van der Waals surface area contributed by atoms with Gasteiger partial charge in [-0.1, -0.05) is 60.7 Å². The Hall–Kier alpha value is -1.83. The average Bonchev–Trinajstić information content (AvgIpc) is 2.89. The molecule has 8 rings (SSSR count). The summed E-state index contributed by atoms with van der Waals surface area (Å²) in [5.74, 6) is 2.14. The largest absolute Gasteiger partial charge is 0.367 e. The van der Waals surface area contributed by atoms with Gasteiger partial charge in [-0.05, 0) is 61.8 Å². The molecule has 0 unspecified atom stereocenters. The highest BCUT2D eigenvalue weighted by Gasteiger charge is 2.57. The van der Waals surface area contributed by atoms with Crippen LogP contribution in [-0.2, 0) is 30.3 Å². The van der Waals surface area contributed by atoms with Gasteiger partial charge in [0, 0.05) is 5.56 Å². The molecule has 6 aliphatic rings. The number of ether oxygens (including phenoxy) is 5. The lowest BCUT2D eigenvalue weighted by Gasteiger charge is -2.58. The summed E-state index contributed by atoms with van der Waals surface area (Å²) in [6.45, 7) is 0.613. The van der Waals surface area contributed by atoms with E-state index >= 15 is 4.39 Å². The minimum Gasteiger partial charge on any atom is -0.367 e. The van der Waals surface area contributed by atoms with Crippen LogP contribution >= 0.6 is 0 Å². The van der Waals surface area contributed by atoms with E-state index in [1.54, 1.807) is 0 Å². The molecule has 2 saturated heterocycles. The number of alkyl halides is 1. The van der Waals surface area contributed by atoms with Gasteiger partial charge in [0.25, 0.3) is 0 Å². The molecule has 2 aromatic rings. The van der Waals surface area contributed by atoms with Crippen molar-refractivity contribution in [3.05, 3.63) is 71.8 Å². The molecule has 2 aliphatic heterocycles.